The number of hydrogen-bond donors (Lipinski definition) is 1. The fourth-order valence-corrected chi connectivity index (χ4v) is 1.45. The van der Waals surface area contributed by atoms with Crippen molar-refractivity contribution in [2.45, 2.75) is 13.5 Å². The average Bonchev–Trinajstić information content (AvgIpc) is 2.26. The summed E-state index contributed by atoms with van der Waals surface area (Å²) in [5, 5.41) is 19.2. The molecule has 102 valence electrons. The van der Waals surface area contributed by atoms with Crippen LogP contribution in [0.2, 0.25) is 0 Å². The number of ether oxygens (including phenoxy) is 1. The lowest BCUT2D eigenvalue weighted by Crippen LogP contribution is -2.05. The fraction of sp³-hybridized carbons (Fsp3) is 0.182. The van der Waals surface area contributed by atoms with Crippen molar-refractivity contribution in [3.05, 3.63) is 39.4 Å². The number of benzene rings is 1. The largest absolute Gasteiger partial charge is 0.478 e. The fourth-order valence-electron chi connectivity index (χ4n) is 1.45. The molecule has 0 aromatic heterocycles. The van der Waals surface area contributed by atoms with Crippen LogP contribution in [0.1, 0.15) is 11.1 Å². The molecule has 0 bridgehead atoms. The number of nitrogens with zero attached hydrogens (tertiary/aromatic N) is 1. The summed E-state index contributed by atoms with van der Waals surface area (Å²) in [5.41, 5.74) is -0.343. The minimum atomic E-state index is -3.11. The zero-order valence-electron chi connectivity index (χ0n) is 9.67. The van der Waals surface area contributed by atoms with Gasteiger partial charge in [0, 0.05) is 23.3 Å². The van der Waals surface area contributed by atoms with Gasteiger partial charge < -0.3 is 9.84 Å². The van der Waals surface area contributed by atoms with E-state index in [0.29, 0.717) is 6.08 Å². The van der Waals surface area contributed by atoms with Crippen LogP contribution in [-0.2, 0) is 4.79 Å². The SMILES string of the molecule is Cc1c([N+](=O)[O-])ccc(OC(F)F)c1/C=C/C(=O)O. The maximum Gasteiger partial charge on any atom is 0.387 e. The van der Waals surface area contributed by atoms with Crippen molar-refractivity contribution < 1.29 is 28.3 Å². The first-order valence-corrected chi connectivity index (χ1v) is 4.96. The molecule has 8 heteroatoms. The lowest BCUT2D eigenvalue weighted by Gasteiger charge is -2.10. The van der Waals surface area contributed by atoms with E-state index in [4.69, 9.17) is 5.11 Å². The van der Waals surface area contributed by atoms with E-state index < -0.39 is 17.5 Å². The lowest BCUT2D eigenvalue weighted by molar-refractivity contribution is -0.385. The van der Waals surface area contributed by atoms with E-state index in [1.807, 2.05) is 0 Å². The van der Waals surface area contributed by atoms with Crippen LogP contribution in [0.4, 0.5) is 14.5 Å². The Bertz CT molecular complexity index is 542. The van der Waals surface area contributed by atoms with Gasteiger partial charge in [-0.05, 0) is 19.1 Å². The summed E-state index contributed by atoms with van der Waals surface area (Å²) in [7, 11) is 0. The minimum Gasteiger partial charge on any atom is -0.478 e. The van der Waals surface area contributed by atoms with Crippen molar-refractivity contribution in [1.82, 2.24) is 0 Å². The van der Waals surface area contributed by atoms with Gasteiger partial charge in [0.15, 0.2) is 0 Å². The monoisotopic (exact) mass is 273 g/mol. The van der Waals surface area contributed by atoms with E-state index in [9.17, 15) is 23.7 Å². The molecule has 0 saturated heterocycles. The van der Waals surface area contributed by atoms with E-state index in [1.165, 1.54) is 6.92 Å². The predicted octanol–water partition coefficient (Wildman–Crippen LogP) is 2.60. The maximum absolute atomic E-state index is 12.2. The Morgan fingerprint density at radius 1 is 1.53 bits per heavy atom. The molecule has 0 saturated carbocycles. The third-order valence-electron chi connectivity index (χ3n) is 2.25. The van der Waals surface area contributed by atoms with Gasteiger partial charge in [-0.3, -0.25) is 10.1 Å². The van der Waals surface area contributed by atoms with Gasteiger partial charge in [0.1, 0.15) is 5.75 Å². The molecule has 0 atom stereocenters. The summed E-state index contributed by atoms with van der Waals surface area (Å²) in [6.07, 6.45) is 1.66. The van der Waals surface area contributed by atoms with Gasteiger partial charge in [0.2, 0.25) is 0 Å². The molecule has 1 aromatic rings. The molecule has 0 aliphatic rings. The summed E-state index contributed by atoms with van der Waals surface area (Å²) < 4.78 is 28.6. The number of alkyl halides is 2. The van der Waals surface area contributed by atoms with Crippen molar-refractivity contribution in [2.75, 3.05) is 0 Å². The topological polar surface area (TPSA) is 89.7 Å². The van der Waals surface area contributed by atoms with Crippen LogP contribution in [-0.4, -0.2) is 22.6 Å². The number of rotatable bonds is 5. The third-order valence-corrected chi connectivity index (χ3v) is 2.25. The van der Waals surface area contributed by atoms with Crippen LogP contribution in [0, 0.1) is 17.0 Å². The molecule has 0 aliphatic heterocycles. The van der Waals surface area contributed by atoms with Gasteiger partial charge in [-0.2, -0.15) is 8.78 Å². The first-order chi connectivity index (χ1) is 8.82. The van der Waals surface area contributed by atoms with Crippen molar-refractivity contribution in [3.8, 4) is 5.75 Å². The Morgan fingerprint density at radius 3 is 2.63 bits per heavy atom. The molecule has 1 N–H and O–H groups in total. The van der Waals surface area contributed by atoms with Crippen LogP contribution >= 0.6 is 0 Å². The number of nitro groups is 1. The van der Waals surface area contributed by atoms with Crippen molar-refractivity contribution in [2.24, 2.45) is 0 Å². The minimum absolute atomic E-state index is 0.0423. The highest BCUT2D eigenvalue weighted by molar-refractivity contribution is 5.86. The van der Waals surface area contributed by atoms with Gasteiger partial charge in [-0.1, -0.05) is 0 Å². The van der Waals surface area contributed by atoms with Crippen molar-refractivity contribution in [3.63, 3.8) is 0 Å². The normalized spacial score (nSPS) is 10.9. The highest BCUT2D eigenvalue weighted by Crippen LogP contribution is 2.31. The summed E-state index contributed by atoms with van der Waals surface area (Å²) in [6.45, 7) is -1.80. The first kappa shape index (κ1) is 14.6. The number of carboxylic acid groups (broad SMARTS) is 1. The number of hydrogen-bond acceptors (Lipinski definition) is 4. The number of aliphatic carboxylic acids is 1. The first-order valence-electron chi connectivity index (χ1n) is 4.96. The molecular formula is C11H9F2NO5. The molecule has 0 unspecified atom stereocenters. The van der Waals surface area contributed by atoms with Gasteiger partial charge in [0.25, 0.3) is 5.69 Å². The summed E-state index contributed by atoms with van der Waals surface area (Å²) >= 11 is 0. The van der Waals surface area contributed by atoms with Gasteiger partial charge >= 0.3 is 12.6 Å². The second-order valence-electron chi connectivity index (χ2n) is 3.43. The zero-order chi connectivity index (χ0) is 14.6. The van der Waals surface area contributed by atoms with Crippen LogP contribution in [0.5, 0.6) is 5.75 Å². The number of carbonyl (C=O) groups is 1. The Labute approximate surface area is 106 Å². The van der Waals surface area contributed by atoms with Crippen LogP contribution in [0.25, 0.3) is 6.08 Å². The average molecular weight is 273 g/mol. The number of halogens is 2. The number of nitro benzene ring substituents is 1. The molecule has 19 heavy (non-hydrogen) atoms. The molecule has 0 spiro atoms. The lowest BCUT2D eigenvalue weighted by atomic mass is 10.0. The van der Waals surface area contributed by atoms with E-state index in [1.54, 1.807) is 0 Å². The molecule has 0 amide bonds. The molecule has 6 nitrogen and oxygen atoms in total. The van der Waals surface area contributed by atoms with Gasteiger partial charge in [0.05, 0.1) is 4.92 Å². The Hall–Kier alpha value is -2.51. The maximum atomic E-state index is 12.2. The summed E-state index contributed by atoms with van der Waals surface area (Å²) in [5.74, 6) is -1.63. The second kappa shape index (κ2) is 5.89. The molecule has 1 aromatic carbocycles. The Kier molecular flexibility index (Phi) is 4.51. The van der Waals surface area contributed by atoms with Crippen molar-refractivity contribution in [1.29, 1.82) is 0 Å². The van der Waals surface area contributed by atoms with E-state index in [2.05, 4.69) is 4.74 Å². The standard InChI is InChI=1S/C11H9F2NO5/c1-6-7(2-5-10(15)16)9(19-11(12)13)4-3-8(6)14(17)18/h2-5,11H,1H3,(H,15,16)/b5-2+. The van der Waals surface area contributed by atoms with Crippen LogP contribution in [0.3, 0.4) is 0 Å². The molecule has 1 rings (SSSR count). The Balaban J connectivity index is 3.36. The van der Waals surface area contributed by atoms with Gasteiger partial charge in [-0.15, -0.1) is 0 Å². The molecule has 0 heterocycles. The smallest absolute Gasteiger partial charge is 0.387 e. The molecule has 0 aliphatic carbocycles. The summed E-state index contributed by atoms with van der Waals surface area (Å²) in [4.78, 5) is 20.5. The molecule has 0 radical (unpaired) electrons. The van der Waals surface area contributed by atoms with E-state index in [-0.39, 0.29) is 22.6 Å². The second-order valence-corrected chi connectivity index (χ2v) is 3.43. The predicted molar refractivity (Wildman–Crippen MR) is 61.1 cm³/mol. The summed E-state index contributed by atoms with van der Waals surface area (Å²) in [6, 6.07) is 2.02. The molecular weight excluding hydrogens is 264 g/mol. The Morgan fingerprint density at radius 2 is 2.16 bits per heavy atom. The zero-order valence-corrected chi connectivity index (χ0v) is 9.67. The van der Waals surface area contributed by atoms with Crippen LogP contribution < -0.4 is 4.74 Å². The highest BCUT2D eigenvalue weighted by atomic mass is 19.3. The quantitative estimate of drug-likeness (QED) is 0.506. The van der Waals surface area contributed by atoms with Crippen LogP contribution in [0.15, 0.2) is 18.2 Å². The number of carboxylic acids is 1. The highest BCUT2D eigenvalue weighted by Gasteiger charge is 2.18. The van der Waals surface area contributed by atoms with E-state index >= 15 is 0 Å². The van der Waals surface area contributed by atoms with Gasteiger partial charge in [-0.25, -0.2) is 4.79 Å². The van der Waals surface area contributed by atoms with Crippen molar-refractivity contribution >= 4 is 17.7 Å². The molecule has 0 fully saturated rings. The van der Waals surface area contributed by atoms with E-state index in [0.717, 1.165) is 18.2 Å². The third kappa shape index (κ3) is 3.73.